The summed E-state index contributed by atoms with van der Waals surface area (Å²) in [5.41, 5.74) is 1.11. The Labute approximate surface area is 72.7 Å². The van der Waals surface area contributed by atoms with E-state index < -0.39 is 0 Å². The summed E-state index contributed by atoms with van der Waals surface area (Å²) < 4.78 is 0. The Bertz CT molecular complexity index is 213. The third kappa shape index (κ3) is 2.20. The molecule has 0 saturated heterocycles. The number of aliphatic hydroxyl groups excluding tert-OH is 1. The van der Waals surface area contributed by atoms with Gasteiger partial charge in [-0.2, -0.15) is 0 Å². The molecule has 3 heteroatoms. The van der Waals surface area contributed by atoms with E-state index in [9.17, 15) is 0 Å². The summed E-state index contributed by atoms with van der Waals surface area (Å²) in [6, 6.07) is 3.89. The molecule has 0 aliphatic rings. The average molecular weight is 166 g/mol. The van der Waals surface area contributed by atoms with Gasteiger partial charge >= 0.3 is 0 Å². The lowest BCUT2D eigenvalue weighted by Crippen LogP contribution is -2.25. The fourth-order valence-electron chi connectivity index (χ4n) is 1.15. The van der Waals surface area contributed by atoms with Crippen LogP contribution in [-0.2, 0) is 0 Å². The van der Waals surface area contributed by atoms with Crippen molar-refractivity contribution in [3.8, 4) is 0 Å². The molecule has 3 nitrogen and oxygen atoms in total. The highest BCUT2D eigenvalue weighted by Gasteiger charge is 2.00. The molecule has 1 rings (SSSR count). The molecule has 0 aliphatic carbocycles. The first-order chi connectivity index (χ1) is 5.88. The van der Waals surface area contributed by atoms with Gasteiger partial charge < -0.3 is 10.0 Å². The van der Waals surface area contributed by atoms with Gasteiger partial charge in [-0.3, -0.25) is 4.98 Å². The number of nitrogens with zero attached hydrogens (tertiary/aromatic N) is 2. The van der Waals surface area contributed by atoms with E-state index in [1.54, 1.807) is 12.4 Å². The van der Waals surface area contributed by atoms with Gasteiger partial charge in [0.2, 0.25) is 0 Å². The monoisotopic (exact) mass is 166 g/mol. The van der Waals surface area contributed by atoms with Crippen LogP contribution in [0.1, 0.15) is 6.92 Å². The zero-order valence-corrected chi connectivity index (χ0v) is 7.27. The van der Waals surface area contributed by atoms with Crippen molar-refractivity contribution in [1.82, 2.24) is 4.98 Å². The molecule has 1 aromatic rings. The highest BCUT2D eigenvalue weighted by molar-refractivity contribution is 5.44. The second-order valence-corrected chi connectivity index (χ2v) is 2.51. The summed E-state index contributed by atoms with van der Waals surface area (Å²) in [4.78, 5) is 6.03. The van der Waals surface area contributed by atoms with Crippen LogP contribution in [-0.4, -0.2) is 29.8 Å². The molecule has 1 N–H and O–H groups in total. The second-order valence-electron chi connectivity index (χ2n) is 2.51. The van der Waals surface area contributed by atoms with Crippen LogP contribution in [0.2, 0.25) is 0 Å². The minimum absolute atomic E-state index is 0.191. The average Bonchev–Trinajstić information content (AvgIpc) is 2.15. The van der Waals surface area contributed by atoms with E-state index in [2.05, 4.69) is 16.8 Å². The van der Waals surface area contributed by atoms with Crippen LogP contribution in [0.5, 0.6) is 0 Å². The van der Waals surface area contributed by atoms with Crippen molar-refractivity contribution in [2.75, 3.05) is 24.6 Å². The predicted octanol–water partition coefficient (Wildman–Crippen LogP) is 0.900. The number of likely N-dealkylation sites (N-methyl/N-ethyl adjacent to an activating group) is 1. The molecule has 0 amide bonds. The van der Waals surface area contributed by atoms with Crippen molar-refractivity contribution >= 4 is 5.69 Å². The van der Waals surface area contributed by atoms with E-state index in [1.807, 2.05) is 12.1 Å². The van der Waals surface area contributed by atoms with Gasteiger partial charge in [0.15, 0.2) is 0 Å². The Kier molecular flexibility index (Phi) is 3.54. The molecular weight excluding hydrogens is 152 g/mol. The van der Waals surface area contributed by atoms with Crippen molar-refractivity contribution < 1.29 is 5.11 Å². The van der Waals surface area contributed by atoms with Crippen LogP contribution < -0.4 is 4.90 Å². The van der Waals surface area contributed by atoms with Crippen molar-refractivity contribution in [3.63, 3.8) is 0 Å². The number of anilines is 1. The third-order valence-corrected chi connectivity index (χ3v) is 1.78. The molecule has 0 unspecified atom stereocenters. The van der Waals surface area contributed by atoms with Gasteiger partial charge in [-0.05, 0) is 19.1 Å². The highest BCUT2D eigenvalue weighted by Crippen LogP contribution is 2.10. The van der Waals surface area contributed by atoms with Crippen molar-refractivity contribution in [2.24, 2.45) is 0 Å². The molecule has 0 fully saturated rings. The van der Waals surface area contributed by atoms with E-state index in [0.29, 0.717) is 6.54 Å². The van der Waals surface area contributed by atoms with Crippen LogP contribution in [0.25, 0.3) is 0 Å². The maximum Gasteiger partial charge on any atom is 0.0606 e. The zero-order valence-electron chi connectivity index (χ0n) is 7.27. The molecule has 66 valence electrons. The summed E-state index contributed by atoms with van der Waals surface area (Å²) in [5, 5.41) is 8.77. The first kappa shape index (κ1) is 9.00. The van der Waals surface area contributed by atoms with Crippen LogP contribution >= 0.6 is 0 Å². The Balaban J connectivity index is 2.66. The van der Waals surface area contributed by atoms with Crippen LogP contribution in [0.3, 0.4) is 0 Å². The maximum atomic E-state index is 8.77. The molecular formula is C9H14N2O. The van der Waals surface area contributed by atoms with Gasteiger partial charge in [0, 0.05) is 31.2 Å². The van der Waals surface area contributed by atoms with Gasteiger partial charge in [0.05, 0.1) is 6.61 Å². The smallest absolute Gasteiger partial charge is 0.0606 e. The standard InChI is InChI=1S/C9H14N2O/c1-2-11(7-8-12)9-3-5-10-6-4-9/h3-6,12H,2,7-8H2,1H3. The number of aromatic nitrogens is 1. The van der Waals surface area contributed by atoms with Crippen LogP contribution in [0.4, 0.5) is 5.69 Å². The lowest BCUT2D eigenvalue weighted by atomic mass is 10.3. The van der Waals surface area contributed by atoms with E-state index in [1.165, 1.54) is 0 Å². The SMILES string of the molecule is CCN(CCO)c1ccncc1. The minimum atomic E-state index is 0.191. The number of rotatable bonds is 4. The molecule has 0 spiro atoms. The Morgan fingerprint density at radius 1 is 1.42 bits per heavy atom. The largest absolute Gasteiger partial charge is 0.395 e. The fraction of sp³-hybridized carbons (Fsp3) is 0.444. The van der Waals surface area contributed by atoms with Gasteiger partial charge in [0.25, 0.3) is 0 Å². The number of pyridine rings is 1. The summed E-state index contributed by atoms with van der Waals surface area (Å²) >= 11 is 0. The van der Waals surface area contributed by atoms with E-state index in [4.69, 9.17) is 5.11 Å². The van der Waals surface area contributed by atoms with Crippen molar-refractivity contribution in [2.45, 2.75) is 6.92 Å². The quantitative estimate of drug-likeness (QED) is 0.722. The first-order valence-electron chi connectivity index (χ1n) is 4.14. The maximum absolute atomic E-state index is 8.77. The molecule has 0 atom stereocenters. The molecule has 0 saturated carbocycles. The second kappa shape index (κ2) is 4.72. The van der Waals surface area contributed by atoms with Crippen molar-refractivity contribution in [3.05, 3.63) is 24.5 Å². The van der Waals surface area contributed by atoms with Gasteiger partial charge in [-0.25, -0.2) is 0 Å². The lowest BCUT2D eigenvalue weighted by molar-refractivity contribution is 0.302. The molecule has 0 bridgehead atoms. The van der Waals surface area contributed by atoms with Crippen LogP contribution in [0, 0.1) is 0 Å². The highest BCUT2D eigenvalue weighted by atomic mass is 16.3. The summed E-state index contributed by atoms with van der Waals surface area (Å²) in [6.45, 7) is 3.84. The lowest BCUT2D eigenvalue weighted by Gasteiger charge is -2.21. The normalized spacial score (nSPS) is 9.83. The summed E-state index contributed by atoms with van der Waals surface area (Å²) in [6.07, 6.45) is 3.52. The molecule has 0 radical (unpaired) electrons. The first-order valence-corrected chi connectivity index (χ1v) is 4.14. The number of aliphatic hydroxyl groups is 1. The molecule has 12 heavy (non-hydrogen) atoms. The van der Waals surface area contributed by atoms with Gasteiger partial charge in [-0.1, -0.05) is 0 Å². The minimum Gasteiger partial charge on any atom is -0.395 e. The Morgan fingerprint density at radius 2 is 2.08 bits per heavy atom. The molecule has 0 aromatic carbocycles. The molecule has 1 aromatic heterocycles. The fourth-order valence-corrected chi connectivity index (χ4v) is 1.15. The Hall–Kier alpha value is -1.09. The van der Waals surface area contributed by atoms with E-state index in [0.717, 1.165) is 12.2 Å². The summed E-state index contributed by atoms with van der Waals surface area (Å²) in [7, 11) is 0. The van der Waals surface area contributed by atoms with E-state index >= 15 is 0 Å². The van der Waals surface area contributed by atoms with E-state index in [-0.39, 0.29) is 6.61 Å². The van der Waals surface area contributed by atoms with Crippen molar-refractivity contribution in [1.29, 1.82) is 0 Å². The van der Waals surface area contributed by atoms with Crippen LogP contribution in [0.15, 0.2) is 24.5 Å². The summed E-state index contributed by atoms with van der Waals surface area (Å²) in [5.74, 6) is 0. The Morgan fingerprint density at radius 3 is 2.58 bits per heavy atom. The molecule has 0 aliphatic heterocycles. The molecule has 1 heterocycles. The topological polar surface area (TPSA) is 36.4 Å². The number of hydrogen-bond donors (Lipinski definition) is 1. The third-order valence-electron chi connectivity index (χ3n) is 1.78. The van der Waals surface area contributed by atoms with Gasteiger partial charge in [0.1, 0.15) is 0 Å². The zero-order chi connectivity index (χ0) is 8.81. The predicted molar refractivity (Wildman–Crippen MR) is 49.2 cm³/mol. The van der Waals surface area contributed by atoms with Gasteiger partial charge in [-0.15, -0.1) is 0 Å². The number of hydrogen-bond acceptors (Lipinski definition) is 3.